The predicted molar refractivity (Wildman–Crippen MR) is 103 cm³/mol. The number of rotatable bonds is 3. The first kappa shape index (κ1) is 19.7. The van der Waals surface area contributed by atoms with Crippen LogP contribution in [0.5, 0.6) is 11.5 Å². The third kappa shape index (κ3) is 4.19. The highest BCUT2D eigenvalue weighted by Crippen LogP contribution is 2.32. The van der Waals surface area contributed by atoms with Gasteiger partial charge in [0.25, 0.3) is 5.91 Å². The smallest absolute Gasteiger partial charge is 0.416 e. The van der Waals surface area contributed by atoms with Crippen molar-refractivity contribution in [2.75, 3.05) is 12.3 Å². The number of benzene rings is 2. The van der Waals surface area contributed by atoms with Gasteiger partial charge in [0.1, 0.15) is 17.2 Å². The normalized spacial score (nSPS) is 13.6. The molecule has 2 heterocycles. The average molecular weight is 414 g/mol. The molecular formula is C21H17F3N4O2. The van der Waals surface area contributed by atoms with Gasteiger partial charge >= 0.3 is 6.18 Å². The van der Waals surface area contributed by atoms with Crippen molar-refractivity contribution in [3.8, 4) is 11.5 Å². The number of carbonyl (C=O) groups is 1. The van der Waals surface area contributed by atoms with E-state index in [-0.39, 0.29) is 17.5 Å². The van der Waals surface area contributed by atoms with E-state index in [1.807, 2.05) is 6.07 Å². The van der Waals surface area contributed by atoms with Crippen LogP contribution >= 0.6 is 0 Å². The van der Waals surface area contributed by atoms with Gasteiger partial charge in [0.2, 0.25) is 5.95 Å². The monoisotopic (exact) mass is 414 g/mol. The molecule has 0 bridgehead atoms. The molecular weight excluding hydrogens is 397 g/mol. The number of halogens is 3. The zero-order valence-electron chi connectivity index (χ0n) is 15.7. The molecule has 154 valence electrons. The maximum Gasteiger partial charge on any atom is 0.416 e. The fourth-order valence-corrected chi connectivity index (χ4v) is 3.27. The lowest BCUT2D eigenvalue weighted by atomic mass is 9.99. The van der Waals surface area contributed by atoms with Crippen molar-refractivity contribution in [1.29, 1.82) is 0 Å². The number of hydrogen-bond acceptors (Lipinski definition) is 5. The molecule has 0 saturated carbocycles. The van der Waals surface area contributed by atoms with Crippen molar-refractivity contribution < 1.29 is 22.7 Å². The molecule has 0 fully saturated rings. The number of carbonyl (C=O) groups excluding carboxylic acids is 1. The van der Waals surface area contributed by atoms with Crippen molar-refractivity contribution in [1.82, 2.24) is 14.9 Å². The minimum Gasteiger partial charge on any atom is -0.457 e. The van der Waals surface area contributed by atoms with Gasteiger partial charge < -0.3 is 15.4 Å². The van der Waals surface area contributed by atoms with E-state index in [2.05, 4.69) is 9.97 Å². The van der Waals surface area contributed by atoms with Crippen molar-refractivity contribution >= 4 is 11.9 Å². The highest BCUT2D eigenvalue weighted by Gasteiger charge is 2.30. The Labute approximate surface area is 170 Å². The maximum atomic E-state index is 12.7. The minimum absolute atomic E-state index is 0.0329. The van der Waals surface area contributed by atoms with E-state index in [0.717, 1.165) is 23.3 Å². The molecule has 3 aromatic rings. The zero-order chi connectivity index (χ0) is 21.3. The molecule has 6 nitrogen and oxygen atoms in total. The van der Waals surface area contributed by atoms with Gasteiger partial charge in [-0.15, -0.1) is 0 Å². The predicted octanol–water partition coefficient (Wildman–Crippen LogP) is 4.07. The van der Waals surface area contributed by atoms with Gasteiger partial charge in [-0.25, -0.2) is 9.97 Å². The molecule has 1 aliphatic rings. The van der Waals surface area contributed by atoms with Crippen LogP contribution in [-0.2, 0) is 19.1 Å². The Bertz CT molecular complexity index is 1080. The summed E-state index contributed by atoms with van der Waals surface area (Å²) in [5.41, 5.74) is 7.03. The molecule has 0 unspecified atom stereocenters. The number of aromatic nitrogens is 2. The molecule has 30 heavy (non-hydrogen) atoms. The summed E-state index contributed by atoms with van der Waals surface area (Å²) >= 11 is 0. The van der Waals surface area contributed by atoms with Gasteiger partial charge in [-0.3, -0.25) is 4.79 Å². The van der Waals surface area contributed by atoms with Gasteiger partial charge in [0.15, 0.2) is 0 Å². The Balaban J connectivity index is 1.50. The number of nitrogens with zero attached hydrogens (tertiary/aromatic N) is 3. The summed E-state index contributed by atoms with van der Waals surface area (Å²) in [6, 6.07) is 11.5. The molecule has 0 atom stereocenters. The fourth-order valence-electron chi connectivity index (χ4n) is 3.27. The van der Waals surface area contributed by atoms with E-state index in [9.17, 15) is 18.0 Å². The third-order valence-electron chi connectivity index (χ3n) is 4.79. The molecule has 2 aromatic carbocycles. The summed E-state index contributed by atoms with van der Waals surface area (Å²) in [5, 5.41) is 0. The van der Waals surface area contributed by atoms with E-state index in [4.69, 9.17) is 10.5 Å². The van der Waals surface area contributed by atoms with Crippen molar-refractivity contribution in [3.05, 3.63) is 77.1 Å². The number of amides is 1. The highest BCUT2D eigenvalue weighted by molar-refractivity contribution is 5.92. The molecule has 1 aromatic heterocycles. The third-order valence-corrected chi connectivity index (χ3v) is 4.79. The van der Waals surface area contributed by atoms with Gasteiger partial charge in [0, 0.05) is 19.3 Å². The number of hydrogen-bond donors (Lipinski definition) is 1. The quantitative estimate of drug-likeness (QED) is 0.699. The molecule has 0 saturated heterocycles. The second-order valence-electron chi connectivity index (χ2n) is 6.83. The van der Waals surface area contributed by atoms with Crippen LogP contribution in [0, 0.1) is 0 Å². The highest BCUT2D eigenvalue weighted by atomic mass is 19.4. The van der Waals surface area contributed by atoms with Gasteiger partial charge in [-0.1, -0.05) is 6.07 Å². The van der Waals surface area contributed by atoms with Crippen molar-refractivity contribution in [2.24, 2.45) is 0 Å². The first-order valence-electron chi connectivity index (χ1n) is 9.14. The maximum absolute atomic E-state index is 12.7. The number of fused-ring (bicyclic) bond motifs is 1. The first-order valence-corrected chi connectivity index (χ1v) is 9.14. The minimum atomic E-state index is -4.39. The number of nitrogens with two attached hydrogens (primary N) is 1. The van der Waals surface area contributed by atoms with Gasteiger partial charge in [0.05, 0.1) is 5.56 Å². The lowest BCUT2D eigenvalue weighted by Crippen LogP contribution is -2.36. The largest absolute Gasteiger partial charge is 0.457 e. The molecule has 2 N–H and O–H groups in total. The molecule has 0 radical (unpaired) electrons. The van der Waals surface area contributed by atoms with Crippen LogP contribution in [0.15, 0.2) is 54.7 Å². The van der Waals surface area contributed by atoms with Crippen LogP contribution in [0.2, 0.25) is 0 Å². The topological polar surface area (TPSA) is 81.3 Å². The Kier molecular flexibility index (Phi) is 5.03. The molecule has 9 heteroatoms. The second kappa shape index (κ2) is 7.66. The number of alkyl halides is 3. The standard InChI is InChI=1S/C21H17F3N4O2/c22-21(23,24)15-2-5-16(6-3-15)30-17-4-1-13-8-10-28(12-14(13)11-17)19(29)18-7-9-26-20(25)27-18/h1-7,9,11H,8,10,12H2,(H2,25,26,27). The SMILES string of the molecule is Nc1nccc(C(=O)N2CCc3ccc(Oc4ccc(C(F)(F)F)cc4)cc3C2)n1. The Morgan fingerprint density at radius 2 is 1.77 bits per heavy atom. The van der Waals surface area contributed by atoms with Gasteiger partial charge in [-0.2, -0.15) is 13.2 Å². The summed E-state index contributed by atoms with van der Waals surface area (Å²) in [7, 11) is 0. The molecule has 0 aliphatic carbocycles. The van der Waals surface area contributed by atoms with E-state index >= 15 is 0 Å². The first-order chi connectivity index (χ1) is 14.3. The number of anilines is 1. The summed E-state index contributed by atoms with van der Waals surface area (Å²) in [5.74, 6) is 0.562. The van der Waals surface area contributed by atoms with E-state index in [0.29, 0.717) is 31.0 Å². The Morgan fingerprint density at radius 3 is 2.47 bits per heavy atom. The summed E-state index contributed by atoms with van der Waals surface area (Å²) in [6.07, 6.45) is -2.29. The van der Waals surface area contributed by atoms with Crippen LogP contribution in [0.3, 0.4) is 0 Å². The van der Waals surface area contributed by atoms with Crippen molar-refractivity contribution in [3.63, 3.8) is 0 Å². The Morgan fingerprint density at radius 1 is 1.03 bits per heavy atom. The number of ether oxygens (including phenoxy) is 1. The van der Waals surface area contributed by atoms with Crippen LogP contribution in [0.25, 0.3) is 0 Å². The van der Waals surface area contributed by atoms with E-state index < -0.39 is 11.7 Å². The van der Waals surface area contributed by atoms with Crippen LogP contribution in [0.1, 0.15) is 27.2 Å². The summed E-state index contributed by atoms with van der Waals surface area (Å²) in [4.78, 5) is 22.1. The summed E-state index contributed by atoms with van der Waals surface area (Å²) in [6.45, 7) is 0.900. The van der Waals surface area contributed by atoms with E-state index in [1.165, 1.54) is 24.4 Å². The zero-order valence-corrected chi connectivity index (χ0v) is 15.7. The van der Waals surface area contributed by atoms with Crippen molar-refractivity contribution in [2.45, 2.75) is 19.1 Å². The molecule has 1 aliphatic heterocycles. The van der Waals surface area contributed by atoms with Crippen LogP contribution < -0.4 is 10.5 Å². The molecule has 0 spiro atoms. The lowest BCUT2D eigenvalue weighted by Gasteiger charge is -2.29. The lowest BCUT2D eigenvalue weighted by molar-refractivity contribution is -0.137. The van der Waals surface area contributed by atoms with E-state index in [1.54, 1.807) is 17.0 Å². The van der Waals surface area contributed by atoms with Crippen LogP contribution in [0.4, 0.5) is 19.1 Å². The number of nitrogen functional groups attached to an aromatic ring is 1. The molecule has 4 rings (SSSR count). The molecule has 1 amide bonds. The Hall–Kier alpha value is -3.62. The fraction of sp³-hybridized carbons (Fsp3) is 0.190. The summed E-state index contributed by atoms with van der Waals surface area (Å²) < 4.78 is 43.8. The van der Waals surface area contributed by atoms with Gasteiger partial charge in [-0.05, 0) is 60.0 Å². The van der Waals surface area contributed by atoms with Crippen LogP contribution in [-0.4, -0.2) is 27.3 Å². The average Bonchev–Trinajstić information content (AvgIpc) is 2.72. The second-order valence-corrected chi connectivity index (χ2v) is 6.83.